The first kappa shape index (κ1) is 15.1. The molecule has 1 aliphatic heterocycles. The zero-order valence-electron chi connectivity index (χ0n) is 11.8. The highest BCUT2D eigenvalue weighted by molar-refractivity contribution is 8.06. The average molecular weight is 288 g/mol. The molecular weight excluding hydrogens is 258 g/mol. The lowest BCUT2D eigenvalue weighted by Crippen LogP contribution is -2.46. The van der Waals surface area contributed by atoms with Crippen LogP contribution >= 0.6 is 23.5 Å². The zero-order chi connectivity index (χ0) is 12.6. The maximum atomic E-state index is 3.90. The van der Waals surface area contributed by atoms with E-state index in [9.17, 15) is 0 Å². The lowest BCUT2D eigenvalue weighted by atomic mass is 9.90. The van der Waals surface area contributed by atoms with Crippen molar-refractivity contribution in [3.63, 3.8) is 0 Å². The maximum Gasteiger partial charge on any atom is 0.0294 e. The fourth-order valence-electron chi connectivity index (χ4n) is 3.30. The van der Waals surface area contributed by atoms with Crippen LogP contribution in [0.25, 0.3) is 0 Å². The molecule has 3 heteroatoms. The van der Waals surface area contributed by atoms with Crippen molar-refractivity contribution >= 4 is 23.5 Å². The van der Waals surface area contributed by atoms with Crippen molar-refractivity contribution in [1.29, 1.82) is 0 Å². The van der Waals surface area contributed by atoms with E-state index in [1.807, 2.05) is 0 Å². The lowest BCUT2D eigenvalue weighted by Gasteiger charge is -2.36. The predicted molar refractivity (Wildman–Crippen MR) is 86.8 cm³/mol. The second-order valence-electron chi connectivity index (χ2n) is 5.72. The van der Waals surface area contributed by atoms with Crippen LogP contribution in [0.15, 0.2) is 0 Å². The minimum absolute atomic E-state index is 0.792. The van der Waals surface area contributed by atoms with Crippen LogP contribution in [0.5, 0.6) is 0 Å². The third-order valence-electron chi connectivity index (χ3n) is 4.28. The summed E-state index contributed by atoms with van der Waals surface area (Å²) < 4.78 is 0. The molecule has 2 aliphatic rings. The molecule has 0 aromatic carbocycles. The molecule has 0 spiro atoms. The van der Waals surface area contributed by atoms with Gasteiger partial charge in [-0.25, -0.2) is 0 Å². The van der Waals surface area contributed by atoms with Crippen molar-refractivity contribution in [2.75, 3.05) is 23.8 Å². The van der Waals surface area contributed by atoms with E-state index in [4.69, 9.17) is 0 Å². The van der Waals surface area contributed by atoms with E-state index in [0.717, 1.165) is 17.2 Å². The SMILES string of the molecule is CCCNC(C1CCCCCC1)C1CSCCS1. The van der Waals surface area contributed by atoms with Gasteiger partial charge in [-0.2, -0.15) is 23.5 Å². The van der Waals surface area contributed by atoms with Crippen molar-refractivity contribution < 1.29 is 0 Å². The Morgan fingerprint density at radius 1 is 1.11 bits per heavy atom. The molecule has 2 atom stereocenters. The van der Waals surface area contributed by atoms with Crippen LogP contribution in [0.3, 0.4) is 0 Å². The molecule has 2 unspecified atom stereocenters. The van der Waals surface area contributed by atoms with Crippen molar-refractivity contribution in [3.8, 4) is 0 Å². The average Bonchev–Trinajstić information content (AvgIpc) is 2.70. The summed E-state index contributed by atoms with van der Waals surface area (Å²) in [5, 5.41) is 4.78. The van der Waals surface area contributed by atoms with Gasteiger partial charge in [0.1, 0.15) is 0 Å². The maximum absolute atomic E-state index is 3.90. The second-order valence-corrected chi connectivity index (χ2v) is 8.21. The van der Waals surface area contributed by atoms with E-state index in [2.05, 4.69) is 35.8 Å². The van der Waals surface area contributed by atoms with Gasteiger partial charge < -0.3 is 5.32 Å². The van der Waals surface area contributed by atoms with Crippen molar-refractivity contribution in [2.24, 2.45) is 5.92 Å². The Hall–Kier alpha value is 0.660. The fourth-order valence-corrected chi connectivity index (χ4v) is 6.26. The highest BCUT2D eigenvalue weighted by atomic mass is 32.2. The zero-order valence-corrected chi connectivity index (χ0v) is 13.5. The Bertz CT molecular complexity index is 209. The Kier molecular flexibility index (Phi) is 7.32. The monoisotopic (exact) mass is 287 g/mol. The van der Waals surface area contributed by atoms with Crippen LogP contribution in [0, 0.1) is 5.92 Å². The first-order chi connectivity index (χ1) is 8.92. The number of nitrogens with one attached hydrogen (secondary N) is 1. The van der Waals surface area contributed by atoms with Gasteiger partial charge >= 0.3 is 0 Å². The summed E-state index contributed by atoms with van der Waals surface area (Å²) in [7, 11) is 0. The van der Waals surface area contributed by atoms with Crippen LogP contribution < -0.4 is 5.32 Å². The summed E-state index contributed by atoms with van der Waals surface area (Å²) in [6.45, 7) is 3.50. The Labute approximate surface area is 122 Å². The first-order valence-corrected chi connectivity index (χ1v) is 10.0. The van der Waals surface area contributed by atoms with Crippen molar-refractivity contribution in [1.82, 2.24) is 5.32 Å². The molecule has 2 fully saturated rings. The lowest BCUT2D eigenvalue weighted by molar-refractivity contribution is 0.319. The van der Waals surface area contributed by atoms with Gasteiger partial charge in [-0.15, -0.1) is 0 Å². The summed E-state index contributed by atoms with van der Waals surface area (Å²) in [5.41, 5.74) is 0. The Balaban J connectivity index is 1.92. The minimum Gasteiger partial charge on any atom is -0.313 e. The van der Waals surface area contributed by atoms with Crippen LogP contribution in [0.2, 0.25) is 0 Å². The smallest absolute Gasteiger partial charge is 0.0294 e. The van der Waals surface area contributed by atoms with E-state index < -0.39 is 0 Å². The van der Waals surface area contributed by atoms with Crippen LogP contribution in [0.1, 0.15) is 51.9 Å². The molecule has 0 amide bonds. The van der Waals surface area contributed by atoms with E-state index >= 15 is 0 Å². The number of hydrogen-bond donors (Lipinski definition) is 1. The number of rotatable bonds is 5. The number of hydrogen-bond acceptors (Lipinski definition) is 3. The molecular formula is C15H29NS2. The van der Waals surface area contributed by atoms with Gasteiger partial charge in [0.2, 0.25) is 0 Å². The van der Waals surface area contributed by atoms with Gasteiger partial charge in [-0.3, -0.25) is 0 Å². The Morgan fingerprint density at radius 2 is 1.89 bits per heavy atom. The molecule has 1 N–H and O–H groups in total. The van der Waals surface area contributed by atoms with Gasteiger partial charge in [0, 0.05) is 28.6 Å². The number of thioether (sulfide) groups is 2. The normalized spacial score (nSPS) is 28.8. The molecule has 1 aliphatic carbocycles. The molecule has 0 aromatic rings. The van der Waals surface area contributed by atoms with Crippen LogP contribution in [0.4, 0.5) is 0 Å². The largest absolute Gasteiger partial charge is 0.313 e. The molecule has 1 nitrogen and oxygen atoms in total. The molecule has 0 radical (unpaired) electrons. The molecule has 0 bridgehead atoms. The van der Waals surface area contributed by atoms with E-state index in [-0.39, 0.29) is 0 Å². The quantitative estimate of drug-likeness (QED) is 0.762. The first-order valence-electron chi connectivity index (χ1n) is 7.84. The summed E-state index contributed by atoms with van der Waals surface area (Å²) >= 11 is 4.41. The highest BCUT2D eigenvalue weighted by Crippen LogP contribution is 2.34. The van der Waals surface area contributed by atoms with Crippen molar-refractivity contribution in [2.45, 2.75) is 63.2 Å². The summed E-state index contributed by atoms with van der Waals surface area (Å²) in [4.78, 5) is 0. The molecule has 18 heavy (non-hydrogen) atoms. The molecule has 1 heterocycles. The summed E-state index contributed by atoms with van der Waals surface area (Å²) in [6.07, 6.45) is 10.1. The molecule has 1 saturated heterocycles. The van der Waals surface area contributed by atoms with Crippen molar-refractivity contribution in [3.05, 3.63) is 0 Å². The highest BCUT2D eigenvalue weighted by Gasteiger charge is 2.30. The second kappa shape index (κ2) is 8.76. The van der Waals surface area contributed by atoms with E-state index in [0.29, 0.717) is 0 Å². The minimum atomic E-state index is 0.792. The topological polar surface area (TPSA) is 12.0 Å². The van der Waals surface area contributed by atoms with Gasteiger partial charge in [0.15, 0.2) is 0 Å². The fraction of sp³-hybridized carbons (Fsp3) is 1.00. The molecule has 0 aromatic heterocycles. The van der Waals surface area contributed by atoms with Gasteiger partial charge in [-0.1, -0.05) is 32.6 Å². The van der Waals surface area contributed by atoms with Gasteiger partial charge in [0.25, 0.3) is 0 Å². The molecule has 1 saturated carbocycles. The Morgan fingerprint density at radius 3 is 2.50 bits per heavy atom. The standard InChI is InChI=1S/C15H29NS2/c1-2-9-16-15(14-12-17-10-11-18-14)13-7-5-3-4-6-8-13/h13-16H,2-12H2,1H3. The van der Waals surface area contributed by atoms with Gasteiger partial charge in [0.05, 0.1) is 0 Å². The van der Waals surface area contributed by atoms with Crippen LogP contribution in [-0.2, 0) is 0 Å². The van der Waals surface area contributed by atoms with E-state index in [1.165, 1.54) is 68.7 Å². The van der Waals surface area contributed by atoms with Crippen LogP contribution in [-0.4, -0.2) is 35.1 Å². The predicted octanol–water partition coefficient (Wildman–Crippen LogP) is 4.17. The summed E-state index contributed by atoms with van der Waals surface area (Å²) in [5.74, 6) is 5.07. The molecule has 106 valence electrons. The summed E-state index contributed by atoms with van der Waals surface area (Å²) in [6, 6.07) is 0.792. The van der Waals surface area contributed by atoms with E-state index in [1.54, 1.807) is 0 Å². The third-order valence-corrected chi connectivity index (χ3v) is 7.16. The molecule has 2 rings (SSSR count). The third kappa shape index (κ3) is 4.64. The van der Waals surface area contributed by atoms with Gasteiger partial charge in [-0.05, 0) is 31.7 Å².